The molecule has 5 N–H and O–H groups in total. The number of para-hydroxylation sites is 2. The van der Waals surface area contributed by atoms with Gasteiger partial charge in [0, 0.05) is 40.2 Å². The summed E-state index contributed by atoms with van der Waals surface area (Å²) >= 11 is 13.5. The monoisotopic (exact) mass is 998 g/mol. The van der Waals surface area contributed by atoms with Gasteiger partial charge in [-0.1, -0.05) is 96.0 Å². The first-order chi connectivity index (χ1) is 32.4. The third-order valence-corrected chi connectivity index (χ3v) is 13.7. The van der Waals surface area contributed by atoms with Gasteiger partial charge in [0.05, 0.1) is 39.7 Å². The Kier molecular flexibility index (Phi) is 12.8. The van der Waals surface area contributed by atoms with Crippen molar-refractivity contribution >= 4 is 77.1 Å². The molecule has 2 aliphatic heterocycles. The van der Waals surface area contributed by atoms with Crippen LogP contribution in [-0.4, -0.2) is 40.8 Å². The summed E-state index contributed by atoms with van der Waals surface area (Å²) in [6.07, 6.45) is 9.22. The van der Waals surface area contributed by atoms with Gasteiger partial charge in [-0.2, -0.15) is 0 Å². The van der Waals surface area contributed by atoms with Gasteiger partial charge in [0.1, 0.15) is 17.2 Å². The topological polar surface area (TPSA) is 150 Å². The largest absolute Gasteiger partial charge is 0.444 e. The van der Waals surface area contributed by atoms with E-state index in [0.29, 0.717) is 10.3 Å². The van der Waals surface area contributed by atoms with Crippen molar-refractivity contribution in [2.75, 3.05) is 10.6 Å². The second kappa shape index (κ2) is 18.5. The number of amides is 1. The number of nitrogens with two attached hydrogens (primary N) is 1. The number of hydrogen-bond donors (Lipinski definition) is 4. The summed E-state index contributed by atoms with van der Waals surface area (Å²) in [4.78, 5) is 31.3. The minimum atomic E-state index is -0.548. The fourth-order valence-corrected chi connectivity index (χ4v) is 10.1. The van der Waals surface area contributed by atoms with Crippen molar-refractivity contribution in [3.05, 3.63) is 155 Å². The maximum atomic E-state index is 12.6. The van der Waals surface area contributed by atoms with Crippen molar-refractivity contribution in [1.29, 1.82) is 0 Å². The van der Waals surface area contributed by atoms with Crippen LogP contribution in [0.15, 0.2) is 134 Å². The fourth-order valence-electron chi connectivity index (χ4n) is 9.56. The Balaban J connectivity index is 0.000000170. The summed E-state index contributed by atoms with van der Waals surface area (Å²) in [6, 6.07) is 40.6. The number of alkyl carbamates (subject to hydrolysis) is 1. The van der Waals surface area contributed by atoms with Crippen LogP contribution in [0.5, 0.6) is 0 Å². The van der Waals surface area contributed by atoms with Crippen molar-refractivity contribution < 1.29 is 9.53 Å². The summed E-state index contributed by atoms with van der Waals surface area (Å²) in [5.41, 5.74) is 16.7. The molecule has 0 atom stereocenters. The molecule has 12 nitrogen and oxygen atoms in total. The van der Waals surface area contributed by atoms with Crippen molar-refractivity contribution in [2.24, 2.45) is 5.73 Å². The molecule has 2 aliphatic carbocycles. The maximum absolute atomic E-state index is 12.6. The first-order valence-electron chi connectivity index (χ1n) is 22.6. The van der Waals surface area contributed by atoms with E-state index < -0.39 is 17.2 Å². The van der Waals surface area contributed by atoms with E-state index in [2.05, 4.69) is 71.5 Å². The Morgan fingerprint density at radius 1 is 0.638 bits per heavy atom. The van der Waals surface area contributed by atoms with Crippen LogP contribution in [0.3, 0.4) is 0 Å². The lowest BCUT2D eigenvalue weighted by Crippen LogP contribution is -2.52. The SMILES string of the molecule is CC(C)(C)OC(=O)NC1(c2ccc(-c3c(Cl)nc4n3-c3cccnc3Nc3ccccc3-4)cc2)CCC1.Cl.Cl.NC1(c2ccc(-c3c(Cl)nc4n3-c3cccnc3Nc3ccccc3-4)cc2)CCC1. The van der Waals surface area contributed by atoms with E-state index in [1.54, 1.807) is 12.4 Å². The highest BCUT2D eigenvalue weighted by Gasteiger charge is 2.41. The Hall–Kier alpha value is -6.41. The van der Waals surface area contributed by atoms with Gasteiger partial charge in [0.25, 0.3) is 0 Å². The summed E-state index contributed by atoms with van der Waals surface area (Å²) in [5.74, 6) is 3.05. The third-order valence-electron chi connectivity index (χ3n) is 13.2. The Labute approximate surface area is 422 Å². The zero-order chi connectivity index (χ0) is 46.1. The van der Waals surface area contributed by atoms with E-state index in [4.69, 9.17) is 43.6 Å². The molecule has 0 bridgehead atoms. The van der Waals surface area contributed by atoms with Gasteiger partial charge in [0.15, 0.2) is 21.9 Å². The predicted octanol–water partition coefficient (Wildman–Crippen LogP) is 13.7. The van der Waals surface area contributed by atoms with E-state index in [0.717, 1.165) is 117 Å². The van der Waals surface area contributed by atoms with E-state index >= 15 is 0 Å². The molecule has 16 heteroatoms. The fraction of sp³-hybridized carbons (Fsp3) is 0.226. The van der Waals surface area contributed by atoms with Gasteiger partial charge < -0.3 is 26.4 Å². The number of pyridine rings is 2. The number of nitrogens with zero attached hydrogens (tertiary/aromatic N) is 6. The molecule has 12 rings (SSSR count). The molecule has 69 heavy (non-hydrogen) atoms. The molecular weight excluding hydrogens is 950 g/mol. The lowest BCUT2D eigenvalue weighted by molar-refractivity contribution is 0.0377. The van der Waals surface area contributed by atoms with Crippen LogP contribution in [0.2, 0.25) is 10.3 Å². The third kappa shape index (κ3) is 8.59. The molecular formula is C53H50Cl4N10O2. The molecule has 1 amide bonds. The number of halogens is 4. The minimum Gasteiger partial charge on any atom is -0.444 e. The van der Waals surface area contributed by atoms with Crippen LogP contribution in [0.1, 0.15) is 70.4 Å². The number of benzene rings is 4. The molecule has 0 saturated heterocycles. The minimum absolute atomic E-state index is 0. The number of rotatable bonds is 5. The summed E-state index contributed by atoms with van der Waals surface area (Å²) in [7, 11) is 0. The van der Waals surface area contributed by atoms with Crippen molar-refractivity contribution in [1.82, 2.24) is 34.4 Å². The maximum Gasteiger partial charge on any atom is 0.408 e. The van der Waals surface area contributed by atoms with E-state index in [1.807, 2.05) is 106 Å². The average Bonchev–Trinajstić information content (AvgIpc) is 3.74. The molecule has 4 aromatic heterocycles. The van der Waals surface area contributed by atoms with Crippen molar-refractivity contribution in [2.45, 2.75) is 76.0 Å². The number of aromatic nitrogens is 6. The second-order valence-electron chi connectivity index (χ2n) is 18.6. The molecule has 0 spiro atoms. The molecule has 6 heterocycles. The highest BCUT2D eigenvalue weighted by molar-refractivity contribution is 6.32. The van der Waals surface area contributed by atoms with Crippen molar-refractivity contribution in [3.63, 3.8) is 0 Å². The molecule has 8 aromatic rings. The number of imidazole rings is 2. The van der Waals surface area contributed by atoms with Crippen LogP contribution in [-0.2, 0) is 15.8 Å². The number of fused-ring (bicyclic) bond motifs is 10. The number of ether oxygens (including phenoxy) is 1. The summed E-state index contributed by atoms with van der Waals surface area (Å²) < 4.78 is 9.70. The van der Waals surface area contributed by atoms with Gasteiger partial charge in [-0.05, 0) is 119 Å². The highest BCUT2D eigenvalue weighted by Crippen LogP contribution is 2.47. The van der Waals surface area contributed by atoms with Crippen LogP contribution >= 0.6 is 48.0 Å². The van der Waals surface area contributed by atoms with Crippen molar-refractivity contribution in [3.8, 4) is 56.7 Å². The second-order valence-corrected chi connectivity index (χ2v) is 19.3. The number of carbonyl (C=O) groups is 1. The van der Waals surface area contributed by atoms with Gasteiger partial charge in [-0.3, -0.25) is 9.13 Å². The molecule has 0 unspecified atom stereocenters. The van der Waals surface area contributed by atoms with Gasteiger partial charge in [-0.15, -0.1) is 24.8 Å². The molecule has 4 aromatic carbocycles. The first kappa shape index (κ1) is 47.6. The average molecular weight is 1000 g/mol. The molecule has 352 valence electrons. The van der Waals surface area contributed by atoms with Crippen LogP contribution in [0.4, 0.5) is 27.8 Å². The number of hydrogen-bond acceptors (Lipinski definition) is 9. The van der Waals surface area contributed by atoms with Gasteiger partial charge in [-0.25, -0.2) is 24.7 Å². The standard InChI is InChI=1S/C29H28ClN5O2.C24H20ClN5.2ClH/c1-28(2,3)37-27(36)34-29(15-7-16-29)19-13-11-18(12-14-19)23-24(30)33-26-20-8-4-5-9-21(20)32-25-22(35(23)26)10-6-17-31-25;25-21-20(15-8-10-16(11-9-15)24(26)12-4-13-24)30-19-7-3-14-27-22(19)28-18-6-2-1-5-17(18)23(30)29-21;;/h4-6,8-14,17H,7,15-16H2,1-3H3,(H,31,32)(H,34,36);1-3,5-11,14H,4,12-13,26H2,(H,27,28);2*1H. The van der Waals surface area contributed by atoms with Crippen LogP contribution < -0.4 is 21.7 Å². The van der Waals surface area contributed by atoms with E-state index in [1.165, 1.54) is 12.0 Å². The summed E-state index contributed by atoms with van der Waals surface area (Å²) in [5, 5.41) is 10.9. The number of carbonyl (C=O) groups excluding carboxylic acids is 1. The van der Waals surface area contributed by atoms with Crippen LogP contribution in [0, 0.1) is 0 Å². The Morgan fingerprint density at radius 2 is 1.09 bits per heavy atom. The zero-order valence-corrected chi connectivity index (χ0v) is 41.2. The Morgan fingerprint density at radius 3 is 1.51 bits per heavy atom. The quantitative estimate of drug-likeness (QED) is 0.132. The van der Waals surface area contributed by atoms with Gasteiger partial charge >= 0.3 is 6.09 Å². The lowest BCUT2D eigenvalue weighted by Gasteiger charge is -2.43. The normalized spacial score (nSPS) is 15.0. The smallest absolute Gasteiger partial charge is 0.408 e. The first-order valence-corrected chi connectivity index (χ1v) is 23.4. The Bertz CT molecular complexity index is 3210. The highest BCUT2D eigenvalue weighted by atomic mass is 35.5. The molecule has 0 radical (unpaired) electrons. The summed E-state index contributed by atoms with van der Waals surface area (Å²) in [6.45, 7) is 5.61. The molecule has 2 fully saturated rings. The van der Waals surface area contributed by atoms with E-state index in [-0.39, 0.29) is 30.4 Å². The van der Waals surface area contributed by atoms with Gasteiger partial charge in [0.2, 0.25) is 0 Å². The number of anilines is 4. The molecule has 2 saturated carbocycles. The zero-order valence-electron chi connectivity index (χ0n) is 38.1. The number of nitrogens with one attached hydrogen (secondary N) is 3. The van der Waals surface area contributed by atoms with Crippen LogP contribution in [0.25, 0.3) is 56.7 Å². The lowest BCUT2D eigenvalue weighted by atomic mass is 9.72. The van der Waals surface area contributed by atoms with E-state index in [9.17, 15) is 4.79 Å². The molecule has 4 aliphatic rings. The predicted molar refractivity (Wildman–Crippen MR) is 280 cm³/mol.